The number of allylic oxidation sites excluding steroid dienone is 5. The maximum absolute atomic E-state index is 11.9. The van der Waals surface area contributed by atoms with Crippen LogP contribution in [0.25, 0.3) is 0 Å². The molecule has 112 valence electrons. The van der Waals surface area contributed by atoms with E-state index in [1.807, 2.05) is 13.0 Å². The van der Waals surface area contributed by atoms with E-state index < -0.39 is 0 Å². The van der Waals surface area contributed by atoms with Crippen LogP contribution in [0.5, 0.6) is 0 Å². The van der Waals surface area contributed by atoms with Crippen molar-refractivity contribution in [3.05, 3.63) is 33.9 Å². The Balaban J connectivity index is 3.59. The molecule has 0 saturated heterocycles. The molecule has 0 aromatic rings. The fourth-order valence-corrected chi connectivity index (χ4v) is 3.46. The lowest BCUT2D eigenvalue weighted by molar-refractivity contribution is -0.113. The Morgan fingerprint density at radius 1 is 1.05 bits per heavy atom. The van der Waals surface area contributed by atoms with Gasteiger partial charge in [0.05, 0.1) is 0 Å². The first-order valence-electron chi connectivity index (χ1n) is 7.07. The highest BCUT2D eigenvalue weighted by Crippen LogP contribution is 2.66. The van der Waals surface area contributed by atoms with Gasteiger partial charge in [0.15, 0.2) is 5.78 Å². The maximum atomic E-state index is 11.9. The molecule has 2 heteroatoms. The first kappa shape index (κ1) is 17.4. The minimum absolute atomic E-state index is 0.00441. The van der Waals surface area contributed by atoms with E-state index in [2.05, 4.69) is 64.1 Å². The van der Waals surface area contributed by atoms with E-state index in [0.717, 1.165) is 15.6 Å². The lowest BCUT2D eigenvalue weighted by Gasteiger charge is -2.43. The van der Waals surface area contributed by atoms with Crippen LogP contribution in [0, 0.1) is 16.2 Å². The van der Waals surface area contributed by atoms with Crippen molar-refractivity contribution in [2.75, 3.05) is 0 Å². The van der Waals surface area contributed by atoms with Gasteiger partial charge in [0.2, 0.25) is 0 Å². The van der Waals surface area contributed by atoms with Gasteiger partial charge in [0.25, 0.3) is 0 Å². The first-order chi connectivity index (χ1) is 8.78. The van der Waals surface area contributed by atoms with Gasteiger partial charge >= 0.3 is 0 Å². The Bertz CT molecular complexity index is 524. The summed E-state index contributed by atoms with van der Waals surface area (Å²) in [4.78, 5) is 11.9. The normalized spacial score (nSPS) is 26.6. The minimum Gasteiger partial charge on any atom is -0.294 e. The number of carbonyl (C=O) groups is 1. The van der Waals surface area contributed by atoms with Crippen molar-refractivity contribution in [2.24, 2.45) is 16.2 Å². The van der Waals surface area contributed by atoms with Crippen LogP contribution in [0.2, 0.25) is 0 Å². The number of rotatable bonds is 2. The molecule has 0 N–H and O–H groups in total. The molecule has 1 saturated carbocycles. The summed E-state index contributed by atoms with van der Waals surface area (Å²) in [5.41, 5.74) is 3.12. The fraction of sp³-hybridized carbons (Fsp3) is 0.611. The molecule has 0 spiro atoms. The second-order valence-electron chi connectivity index (χ2n) is 7.41. The molecule has 0 amide bonds. The van der Waals surface area contributed by atoms with Gasteiger partial charge in [0, 0.05) is 10.1 Å². The van der Waals surface area contributed by atoms with Gasteiger partial charge < -0.3 is 0 Å². The third-order valence-corrected chi connectivity index (χ3v) is 6.34. The molecule has 0 unspecified atom stereocenters. The molecular weight excluding hydrogens is 312 g/mol. The maximum Gasteiger partial charge on any atom is 0.160 e. The van der Waals surface area contributed by atoms with Crippen molar-refractivity contribution in [3.63, 3.8) is 0 Å². The van der Waals surface area contributed by atoms with E-state index in [9.17, 15) is 4.79 Å². The lowest BCUT2D eigenvalue weighted by Crippen LogP contribution is -2.37. The molecule has 0 aromatic carbocycles. The van der Waals surface area contributed by atoms with Gasteiger partial charge in [-0.3, -0.25) is 4.79 Å². The molecule has 0 heterocycles. The molecule has 1 nitrogen and oxygen atoms in total. The molecule has 0 atom stereocenters. The van der Waals surface area contributed by atoms with Crippen molar-refractivity contribution < 1.29 is 4.79 Å². The summed E-state index contributed by atoms with van der Waals surface area (Å²) >= 11 is 3.45. The smallest absolute Gasteiger partial charge is 0.160 e. The van der Waals surface area contributed by atoms with Crippen molar-refractivity contribution in [2.45, 2.75) is 55.4 Å². The van der Waals surface area contributed by atoms with Gasteiger partial charge in [-0.2, -0.15) is 0 Å². The Morgan fingerprint density at radius 2 is 1.50 bits per heavy atom. The zero-order valence-electron chi connectivity index (χ0n) is 14.1. The SMILES string of the molecule is C=C1/C(=C\C(C(C)=O)=C(/C)Br)C(C)(C)C(C)(C)C1(C)C. The highest BCUT2D eigenvalue weighted by Gasteiger charge is 2.58. The van der Waals surface area contributed by atoms with Gasteiger partial charge in [-0.05, 0) is 47.3 Å². The molecule has 1 fully saturated rings. The topological polar surface area (TPSA) is 17.1 Å². The summed E-state index contributed by atoms with van der Waals surface area (Å²) in [6, 6.07) is 0. The standard InChI is InChI=1S/C18H27BrO/c1-11-15(10-14(12(2)19)13(3)20)17(6,7)18(8,9)16(11,4)5/h10H,1H2,2-9H3/b14-12-,15-10+. The first-order valence-corrected chi connectivity index (χ1v) is 7.87. The molecule has 0 aromatic heterocycles. The molecule has 0 bridgehead atoms. The van der Waals surface area contributed by atoms with Crippen LogP contribution in [0.15, 0.2) is 33.9 Å². The highest BCUT2D eigenvalue weighted by atomic mass is 79.9. The molecule has 1 aliphatic rings. The predicted octanol–water partition coefficient (Wildman–Crippen LogP) is 5.82. The second kappa shape index (κ2) is 4.98. The monoisotopic (exact) mass is 338 g/mol. The fourth-order valence-electron chi connectivity index (χ4n) is 3.06. The summed E-state index contributed by atoms with van der Waals surface area (Å²) in [5, 5.41) is 0. The quantitative estimate of drug-likeness (QED) is 0.579. The third-order valence-electron chi connectivity index (χ3n) is 5.92. The largest absolute Gasteiger partial charge is 0.294 e. The van der Waals surface area contributed by atoms with Crippen molar-refractivity contribution in [1.29, 1.82) is 0 Å². The zero-order chi connectivity index (χ0) is 16.1. The average molecular weight is 339 g/mol. The van der Waals surface area contributed by atoms with Crippen molar-refractivity contribution in [3.8, 4) is 0 Å². The van der Waals surface area contributed by atoms with Crippen LogP contribution in [0.4, 0.5) is 0 Å². The van der Waals surface area contributed by atoms with Gasteiger partial charge in [0.1, 0.15) is 0 Å². The molecule has 1 aliphatic carbocycles. The van der Waals surface area contributed by atoms with E-state index in [-0.39, 0.29) is 22.0 Å². The second-order valence-corrected chi connectivity index (χ2v) is 8.60. The average Bonchev–Trinajstić information content (AvgIpc) is 2.34. The van der Waals surface area contributed by atoms with Gasteiger partial charge in [-0.1, -0.05) is 64.1 Å². The zero-order valence-corrected chi connectivity index (χ0v) is 15.7. The minimum atomic E-state index is -0.0310. The molecule has 1 rings (SSSR count). The van der Waals surface area contributed by atoms with Crippen LogP contribution in [0.3, 0.4) is 0 Å². The van der Waals surface area contributed by atoms with Crippen LogP contribution in [-0.2, 0) is 4.79 Å². The van der Waals surface area contributed by atoms with Crippen LogP contribution in [0.1, 0.15) is 55.4 Å². The molecule has 0 aliphatic heterocycles. The summed E-state index contributed by atoms with van der Waals surface area (Å²) in [5.74, 6) is 0.0815. The predicted molar refractivity (Wildman–Crippen MR) is 90.9 cm³/mol. The summed E-state index contributed by atoms with van der Waals surface area (Å²) in [6.07, 6.45) is 2.03. The Kier molecular flexibility index (Phi) is 4.34. The van der Waals surface area contributed by atoms with Crippen molar-refractivity contribution in [1.82, 2.24) is 0 Å². The van der Waals surface area contributed by atoms with Crippen LogP contribution in [-0.4, -0.2) is 5.78 Å². The number of Topliss-reactive ketones (excluding diaryl/α,β-unsaturated/α-hetero) is 1. The Hall–Kier alpha value is -0.630. The third kappa shape index (κ3) is 2.26. The summed E-state index contributed by atoms with van der Waals surface area (Å²) in [7, 11) is 0. The Morgan fingerprint density at radius 3 is 1.75 bits per heavy atom. The van der Waals surface area contributed by atoms with E-state index >= 15 is 0 Å². The van der Waals surface area contributed by atoms with Crippen LogP contribution >= 0.6 is 15.9 Å². The van der Waals surface area contributed by atoms with E-state index in [4.69, 9.17) is 0 Å². The van der Waals surface area contributed by atoms with E-state index in [0.29, 0.717) is 0 Å². The summed E-state index contributed by atoms with van der Waals surface area (Å²) in [6.45, 7) is 21.4. The lowest BCUT2D eigenvalue weighted by atomic mass is 9.60. The van der Waals surface area contributed by atoms with E-state index in [1.165, 1.54) is 5.57 Å². The van der Waals surface area contributed by atoms with E-state index in [1.54, 1.807) is 6.92 Å². The number of hydrogen-bond acceptors (Lipinski definition) is 1. The molecular formula is C18H27BrO. The molecule has 0 radical (unpaired) electrons. The Labute approximate surface area is 132 Å². The molecule has 20 heavy (non-hydrogen) atoms. The number of hydrogen-bond donors (Lipinski definition) is 0. The number of halogens is 1. The van der Waals surface area contributed by atoms with Gasteiger partial charge in [-0.15, -0.1) is 0 Å². The highest BCUT2D eigenvalue weighted by molar-refractivity contribution is 9.11. The van der Waals surface area contributed by atoms with Crippen LogP contribution < -0.4 is 0 Å². The van der Waals surface area contributed by atoms with Gasteiger partial charge in [-0.25, -0.2) is 0 Å². The number of ketones is 1. The van der Waals surface area contributed by atoms with Crippen molar-refractivity contribution >= 4 is 21.7 Å². The summed E-state index contributed by atoms with van der Waals surface area (Å²) < 4.78 is 0.878. The number of carbonyl (C=O) groups excluding carboxylic acids is 1.